The van der Waals surface area contributed by atoms with Crippen LogP contribution < -0.4 is 0 Å². The van der Waals surface area contributed by atoms with Crippen molar-refractivity contribution in [3.8, 4) is 0 Å². The van der Waals surface area contributed by atoms with Crippen molar-refractivity contribution in [2.75, 3.05) is 0 Å². The summed E-state index contributed by atoms with van der Waals surface area (Å²) in [7, 11) is 0. The zero-order chi connectivity index (χ0) is 13.4. The summed E-state index contributed by atoms with van der Waals surface area (Å²) in [6.07, 6.45) is 2.72. The highest BCUT2D eigenvalue weighted by Crippen LogP contribution is 2.42. The molecule has 1 aromatic carbocycles. The lowest BCUT2D eigenvalue weighted by molar-refractivity contribution is -0.143. The highest BCUT2D eigenvalue weighted by Gasteiger charge is 2.43. The molecule has 1 aliphatic rings. The van der Waals surface area contributed by atoms with Gasteiger partial charge in [-0.15, -0.1) is 0 Å². The Morgan fingerprint density at radius 2 is 1.94 bits per heavy atom. The number of halogens is 2. The van der Waals surface area contributed by atoms with Gasteiger partial charge in [-0.2, -0.15) is 0 Å². The molecule has 1 aliphatic carbocycles. The molecule has 2 rings (SSSR count). The minimum absolute atomic E-state index is 0.118. The fraction of sp³-hybridized carbons (Fsp3) is 0.500. The summed E-state index contributed by atoms with van der Waals surface area (Å²) in [6, 6.07) is 5.85. The summed E-state index contributed by atoms with van der Waals surface area (Å²) in [5, 5.41) is 9.42. The maximum atomic E-state index is 13.3. The molecular formula is C14H16F2O2. The molecule has 1 N–H and O–H groups in total. The van der Waals surface area contributed by atoms with Gasteiger partial charge in [0.2, 0.25) is 0 Å². The Hall–Kier alpha value is -1.45. The lowest BCUT2D eigenvalue weighted by atomic mass is 9.78. The smallest absolute Gasteiger partial charge is 0.314 e. The van der Waals surface area contributed by atoms with Gasteiger partial charge in [-0.25, -0.2) is 8.78 Å². The number of hydrogen-bond acceptors (Lipinski definition) is 1. The second kappa shape index (κ2) is 4.34. The van der Waals surface area contributed by atoms with Gasteiger partial charge in [-0.05, 0) is 24.5 Å². The Labute approximate surface area is 105 Å². The van der Waals surface area contributed by atoms with Crippen molar-refractivity contribution in [2.24, 2.45) is 0 Å². The average Bonchev–Trinajstić information content (AvgIpc) is 2.78. The summed E-state index contributed by atoms with van der Waals surface area (Å²) < 4.78 is 26.6. The van der Waals surface area contributed by atoms with Gasteiger partial charge in [0.05, 0.1) is 5.41 Å². The molecule has 18 heavy (non-hydrogen) atoms. The van der Waals surface area contributed by atoms with E-state index in [1.165, 1.54) is 18.2 Å². The van der Waals surface area contributed by atoms with E-state index in [-0.39, 0.29) is 5.56 Å². The summed E-state index contributed by atoms with van der Waals surface area (Å²) in [5.74, 6) is -3.84. The van der Waals surface area contributed by atoms with E-state index < -0.39 is 17.3 Å². The first-order chi connectivity index (χ1) is 8.36. The molecule has 1 aromatic rings. The predicted molar refractivity (Wildman–Crippen MR) is 63.8 cm³/mol. The predicted octanol–water partition coefficient (Wildman–Crippen LogP) is 3.69. The standard InChI is InChI=1S/C14H16F2O2/c1-13(15,16)10-5-4-6-11(9-10)14(12(17)18)7-2-3-8-14/h4-6,9H,2-3,7-8H2,1H3,(H,17,18). The Morgan fingerprint density at radius 3 is 2.44 bits per heavy atom. The second-order valence-corrected chi connectivity index (χ2v) is 5.06. The Bertz CT molecular complexity index is 457. The first-order valence-corrected chi connectivity index (χ1v) is 6.08. The molecule has 0 aliphatic heterocycles. The molecule has 0 bridgehead atoms. The molecule has 0 aromatic heterocycles. The minimum Gasteiger partial charge on any atom is -0.481 e. The number of carboxylic acids is 1. The molecule has 0 atom stereocenters. The molecule has 0 spiro atoms. The number of carboxylic acid groups (broad SMARTS) is 1. The number of benzene rings is 1. The minimum atomic E-state index is -2.94. The van der Waals surface area contributed by atoms with Crippen molar-refractivity contribution in [1.29, 1.82) is 0 Å². The SMILES string of the molecule is CC(F)(F)c1cccc(C2(C(=O)O)CCCC2)c1. The summed E-state index contributed by atoms with van der Waals surface area (Å²) >= 11 is 0. The molecule has 1 saturated carbocycles. The van der Waals surface area contributed by atoms with Gasteiger partial charge in [0.1, 0.15) is 0 Å². The van der Waals surface area contributed by atoms with E-state index in [1.54, 1.807) is 6.07 Å². The number of rotatable bonds is 3. The average molecular weight is 254 g/mol. The van der Waals surface area contributed by atoms with Crippen LogP contribution in [0.1, 0.15) is 43.7 Å². The Morgan fingerprint density at radius 1 is 1.33 bits per heavy atom. The van der Waals surface area contributed by atoms with Crippen molar-refractivity contribution in [1.82, 2.24) is 0 Å². The summed E-state index contributed by atoms with van der Waals surface area (Å²) in [5.41, 5.74) is -0.583. The van der Waals surface area contributed by atoms with Crippen LogP contribution in [0.2, 0.25) is 0 Å². The molecule has 0 heterocycles. The van der Waals surface area contributed by atoms with Crippen LogP contribution in [-0.4, -0.2) is 11.1 Å². The summed E-state index contributed by atoms with van der Waals surface area (Å²) in [6.45, 7) is 0.828. The molecule has 0 unspecified atom stereocenters. The van der Waals surface area contributed by atoms with E-state index in [0.717, 1.165) is 19.8 Å². The normalized spacial score (nSPS) is 18.8. The van der Waals surface area contributed by atoms with Gasteiger partial charge in [0.25, 0.3) is 5.92 Å². The molecule has 0 amide bonds. The molecule has 2 nitrogen and oxygen atoms in total. The molecular weight excluding hydrogens is 238 g/mol. The number of aliphatic carboxylic acids is 1. The van der Waals surface area contributed by atoms with Gasteiger partial charge < -0.3 is 5.11 Å². The Balaban J connectivity index is 2.47. The number of hydrogen-bond donors (Lipinski definition) is 1. The first kappa shape index (κ1) is 13.0. The highest BCUT2D eigenvalue weighted by molar-refractivity contribution is 5.81. The lowest BCUT2D eigenvalue weighted by Crippen LogP contribution is -2.32. The highest BCUT2D eigenvalue weighted by atomic mass is 19.3. The van der Waals surface area contributed by atoms with Gasteiger partial charge in [-0.1, -0.05) is 31.0 Å². The third-order valence-corrected chi connectivity index (χ3v) is 3.79. The fourth-order valence-corrected chi connectivity index (χ4v) is 2.69. The third-order valence-electron chi connectivity index (χ3n) is 3.79. The molecule has 1 fully saturated rings. The van der Waals surface area contributed by atoms with E-state index in [0.29, 0.717) is 18.4 Å². The van der Waals surface area contributed by atoms with Gasteiger partial charge in [-0.3, -0.25) is 4.79 Å². The van der Waals surface area contributed by atoms with E-state index >= 15 is 0 Å². The molecule has 0 radical (unpaired) electrons. The zero-order valence-electron chi connectivity index (χ0n) is 10.2. The Kier molecular flexibility index (Phi) is 3.13. The van der Waals surface area contributed by atoms with Crippen molar-refractivity contribution < 1.29 is 18.7 Å². The van der Waals surface area contributed by atoms with Crippen molar-refractivity contribution in [3.63, 3.8) is 0 Å². The van der Waals surface area contributed by atoms with Gasteiger partial charge in [0, 0.05) is 12.5 Å². The van der Waals surface area contributed by atoms with Crippen LogP contribution in [0.5, 0.6) is 0 Å². The fourth-order valence-electron chi connectivity index (χ4n) is 2.69. The van der Waals surface area contributed by atoms with Crippen LogP contribution >= 0.6 is 0 Å². The number of carbonyl (C=O) groups is 1. The van der Waals surface area contributed by atoms with E-state index in [2.05, 4.69) is 0 Å². The maximum absolute atomic E-state index is 13.3. The van der Waals surface area contributed by atoms with Crippen LogP contribution in [0.4, 0.5) is 8.78 Å². The number of alkyl halides is 2. The van der Waals surface area contributed by atoms with Crippen LogP contribution in [0, 0.1) is 0 Å². The van der Waals surface area contributed by atoms with Gasteiger partial charge in [0.15, 0.2) is 0 Å². The van der Waals surface area contributed by atoms with E-state index in [9.17, 15) is 18.7 Å². The topological polar surface area (TPSA) is 37.3 Å². The monoisotopic (exact) mass is 254 g/mol. The van der Waals surface area contributed by atoms with Crippen molar-refractivity contribution in [2.45, 2.75) is 43.9 Å². The maximum Gasteiger partial charge on any atom is 0.314 e. The molecule has 98 valence electrons. The molecule has 4 heteroatoms. The van der Waals surface area contributed by atoms with Crippen LogP contribution in [0.3, 0.4) is 0 Å². The van der Waals surface area contributed by atoms with Gasteiger partial charge >= 0.3 is 5.97 Å². The van der Waals surface area contributed by atoms with Crippen LogP contribution in [0.15, 0.2) is 24.3 Å². The van der Waals surface area contributed by atoms with Crippen LogP contribution in [0.25, 0.3) is 0 Å². The lowest BCUT2D eigenvalue weighted by Gasteiger charge is -2.25. The second-order valence-electron chi connectivity index (χ2n) is 5.06. The summed E-state index contributed by atoms with van der Waals surface area (Å²) in [4.78, 5) is 11.5. The van der Waals surface area contributed by atoms with Crippen molar-refractivity contribution in [3.05, 3.63) is 35.4 Å². The van der Waals surface area contributed by atoms with E-state index in [4.69, 9.17) is 0 Å². The third kappa shape index (κ3) is 2.11. The quantitative estimate of drug-likeness (QED) is 0.893. The molecule has 0 saturated heterocycles. The van der Waals surface area contributed by atoms with Crippen LogP contribution in [-0.2, 0) is 16.1 Å². The zero-order valence-corrected chi connectivity index (χ0v) is 10.2. The van der Waals surface area contributed by atoms with E-state index in [1.807, 2.05) is 0 Å². The first-order valence-electron chi connectivity index (χ1n) is 6.08. The largest absolute Gasteiger partial charge is 0.481 e. The van der Waals surface area contributed by atoms with Crippen molar-refractivity contribution >= 4 is 5.97 Å².